The first-order chi connectivity index (χ1) is 7.65. The van der Waals surface area contributed by atoms with Crippen LogP contribution in [-0.2, 0) is 4.74 Å². The maximum atomic E-state index is 5.87. The van der Waals surface area contributed by atoms with Crippen molar-refractivity contribution in [3.8, 4) is 0 Å². The molecule has 16 heavy (non-hydrogen) atoms. The van der Waals surface area contributed by atoms with E-state index >= 15 is 0 Å². The first-order valence-electron chi connectivity index (χ1n) is 5.78. The number of rotatable bonds is 3. The van der Waals surface area contributed by atoms with Crippen LogP contribution in [0.2, 0.25) is 0 Å². The fourth-order valence-electron chi connectivity index (χ4n) is 2.75. The Morgan fingerprint density at radius 3 is 2.56 bits per heavy atom. The minimum Gasteiger partial charge on any atom is -0.375 e. The van der Waals surface area contributed by atoms with Gasteiger partial charge in [-0.05, 0) is 42.2 Å². The predicted octanol–water partition coefficient (Wildman–Crippen LogP) is 2.31. The third-order valence-corrected chi connectivity index (χ3v) is 4.49. The van der Waals surface area contributed by atoms with Gasteiger partial charge in [-0.15, -0.1) is 0 Å². The van der Waals surface area contributed by atoms with Crippen molar-refractivity contribution in [2.45, 2.75) is 39.0 Å². The molecule has 1 aliphatic heterocycles. The second-order valence-corrected chi connectivity index (χ2v) is 5.46. The van der Waals surface area contributed by atoms with E-state index in [1.807, 2.05) is 0 Å². The van der Waals surface area contributed by atoms with Gasteiger partial charge in [0.25, 0.3) is 0 Å². The number of hydrazine groups is 1. The van der Waals surface area contributed by atoms with E-state index in [0.29, 0.717) is 17.9 Å². The van der Waals surface area contributed by atoms with E-state index in [1.54, 1.807) is 11.3 Å². The van der Waals surface area contributed by atoms with Crippen molar-refractivity contribution < 1.29 is 4.74 Å². The third kappa shape index (κ3) is 2.02. The lowest BCUT2D eigenvalue weighted by Gasteiger charge is -2.27. The summed E-state index contributed by atoms with van der Waals surface area (Å²) in [5.41, 5.74) is 4.23. The summed E-state index contributed by atoms with van der Waals surface area (Å²) < 4.78 is 5.87. The molecule has 2 rings (SSSR count). The second kappa shape index (κ2) is 4.84. The standard InChI is InChI=1S/C12H20N2OS/c1-7-8(2)15-9(3)11(7)12(14-13)10-4-5-16-6-10/h4-9,11-12,14H,13H2,1-3H3. The van der Waals surface area contributed by atoms with Gasteiger partial charge in [-0.1, -0.05) is 6.92 Å². The number of nitrogens with two attached hydrogens (primary N) is 1. The summed E-state index contributed by atoms with van der Waals surface area (Å²) >= 11 is 1.71. The summed E-state index contributed by atoms with van der Waals surface area (Å²) in [6, 6.07) is 2.33. The molecule has 4 heteroatoms. The summed E-state index contributed by atoms with van der Waals surface area (Å²) in [7, 11) is 0. The molecule has 1 saturated heterocycles. The normalized spacial score (nSPS) is 36.5. The zero-order valence-electron chi connectivity index (χ0n) is 10.0. The molecule has 0 aromatic carbocycles. The highest BCUT2D eigenvalue weighted by Crippen LogP contribution is 2.40. The molecule has 5 atom stereocenters. The first kappa shape index (κ1) is 12.0. The van der Waals surface area contributed by atoms with Crippen molar-refractivity contribution in [2.75, 3.05) is 0 Å². The van der Waals surface area contributed by atoms with Crippen molar-refractivity contribution in [1.29, 1.82) is 0 Å². The zero-order chi connectivity index (χ0) is 11.7. The van der Waals surface area contributed by atoms with Crippen LogP contribution in [0, 0.1) is 11.8 Å². The summed E-state index contributed by atoms with van der Waals surface area (Å²) in [4.78, 5) is 0. The molecule has 1 aliphatic rings. The average molecular weight is 240 g/mol. The fourth-order valence-corrected chi connectivity index (χ4v) is 3.45. The van der Waals surface area contributed by atoms with Crippen molar-refractivity contribution in [3.05, 3.63) is 22.4 Å². The molecule has 5 unspecified atom stereocenters. The quantitative estimate of drug-likeness (QED) is 0.629. The van der Waals surface area contributed by atoms with Gasteiger partial charge in [-0.3, -0.25) is 11.3 Å². The summed E-state index contributed by atoms with van der Waals surface area (Å²) in [6.45, 7) is 6.53. The molecule has 1 aromatic rings. The monoisotopic (exact) mass is 240 g/mol. The van der Waals surface area contributed by atoms with Crippen LogP contribution in [-0.4, -0.2) is 12.2 Å². The molecular formula is C12H20N2OS. The maximum Gasteiger partial charge on any atom is 0.0601 e. The second-order valence-electron chi connectivity index (χ2n) is 4.68. The molecule has 1 fully saturated rings. The Bertz CT molecular complexity index is 328. The lowest BCUT2D eigenvalue weighted by molar-refractivity contribution is 0.0475. The van der Waals surface area contributed by atoms with E-state index in [-0.39, 0.29) is 12.1 Å². The van der Waals surface area contributed by atoms with Gasteiger partial charge in [-0.25, -0.2) is 0 Å². The maximum absolute atomic E-state index is 5.87. The van der Waals surface area contributed by atoms with E-state index in [2.05, 4.69) is 43.0 Å². The van der Waals surface area contributed by atoms with Gasteiger partial charge in [0.1, 0.15) is 0 Å². The van der Waals surface area contributed by atoms with Gasteiger partial charge in [-0.2, -0.15) is 11.3 Å². The molecule has 3 nitrogen and oxygen atoms in total. The molecule has 0 bridgehead atoms. The van der Waals surface area contributed by atoms with E-state index in [0.717, 1.165) is 0 Å². The topological polar surface area (TPSA) is 47.3 Å². The van der Waals surface area contributed by atoms with Crippen molar-refractivity contribution >= 4 is 11.3 Å². The van der Waals surface area contributed by atoms with Crippen molar-refractivity contribution in [3.63, 3.8) is 0 Å². The Labute approximate surface area is 101 Å². The molecule has 0 saturated carbocycles. The number of thiophene rings is 1. The molecule has 2 heterocycles. The molecule has 0 radical (unpaired) electrons. The fraction of sp³-hybridized carbons (Fsp3) is 0.667. The van der Waals surface area contributed by atoms with Crippen LogP contribution in [0.15, 0.2) is 16.8 Å². The van der Waals surface area contributed by atoms with Gasteiger partial charge in [0.05, 0.1) is 18.2 Å². The molecule has 0 aliphatic carbocycles. The van der Waals surface area contributed by atoms with Crippen LogP contribution in [0.5, 0.6) is 0 Å². The van der Waals surface area contributed by atoms with Crippen LogP contribution in [0.3, 0.4) is 0 Å². The largest absolute Gasteiger partial charge is 0.375 e. The van der Waals surface area contributed by atoms with E-state index in [9.17, 15) is 0 Å². The summed E-state index contributed by atoms with van der Waals surface area (Å²) in [5.74, 6) is 6.68. The van der Waals surface area contributed by atoms with Crippen LogP contribution in [0.1, 0.15) is 32.4 Å². The highest BCUT2D eigenvalue weighted by molar-refractivity contribution is 7.07. The zero-order valence-corrected chi connectivity index (χ0v) is 10.8. The van der Waals surface area contributed by atoms with Gasteiger partial charge < -0.3 is 4.74 Å². The van der Waals surface area contributed by atoms with E-state index < -0.39 is 0 Å². The van der Waals surface area contributed by atoms with Gasteiger partial charge in [0.15, 0.2) is 0 Å². The number of nitrogens with one attached hydrogen (secondary N) is 1. The minimum atomic E-state index is 0.196. The summed E-state index contributed by atoms with van der Waals surface area (Å²) in [6.07, 6.45) is 0.570. The van der Waals surface area contributed by atoms with Crippen molar-refractivity contribution in [1.82, 2.24) is 5.43 Å². The Morgan fingerprint density at radius 2 is 2.12 bits per heavy atom. The molecule has 90 valence electrons. The minimum absolute atomic E-state index is 0.196. The van der Waals surface area contributed by atoms with Crippen LogP contribution in [0.25, 0.3) is 0 Å². The average Bonchev–Trinajstić information content (AvgIpc) is 2.84. The number of hydrogen-bond donors (Lipinski definition) is 2. The van der Waals surface area contributed by atoms with E-state index in [1.165, 1.54) is 5.56 Å². The SMILES string of the molecule is CC1OC(C)C(C(NN)c2ccsc2)C1C. The molecule has 0 amide bonds. The smallest absolute Gasteiger partial charge is 0.0601 e. The third-order valence-electron chi connectivity index (χ3n) is 3.79. The molecule has 0 spiro atoms. The Balaban J connectivity index is 2.21. The van der Waals surface area contributed by atoms with Crippen LogP contribution >= 0.6 is 11.3 Å². The van der Waals surface area contributed by atoms with Gasteiger partial charge in [0.2, 0.25) is 0 Å². The lowest BCUT2D eigenvalue weighted by Crippen LogP contribution is -2.38. The van der Waals surface area contributed by atoms with Crippen molar-refractivity contribution in [2.24, 2.45) is 17.7 Å². The molecular weight excluding hydrogens is 220 g/mol. The highest BCUT2D eigenvalue weighted by atomic mass is 32.1. The highest BCUT2D eigenvalue weighted by Gasteiger charge is 2.41. The first-order valence-corrected chi connectivity index (χ1v) is 6.73. The number of hydrogen-bond acceptors (Lipinski definition) is 4. The van der Waals surface area contributed by atoms with Crippen LogP contribution < -0.4 is 11.3 Å². The van der Waals surface area contributed by atoms with Gasteiger partial charge in [0, 0.05) is 5.92 Å². The summed E-state index contributed by atoms with van der Waals surface area (Å²) in [5, 5.41) is 4.25. The lowest BCUT2D eigenvalue weighted by atomic mass is 9.81. The predicted molar refractivity (Wildman–Crippen MR) is 67.0 cm³/mol. The van der Waals surface area contributed by atoms with Crippen LogP contribution in [0.4, 0.5) is 0 Å². The Morgan fingerprint density at radius 1 is 1.38 bits per heavy atom. The molecule has 3 N–H and O–H groups in total. The number of ether oxygens (including phenoxy) is 1. The van der Waals surface area contributed by atoms with E-state index in [4.69, 9.17) is 10.6 Å². The molecule has 1 aromatic heterocycles. The van der Waals surface area contributed by atoms with Gasteiger partial charge >= 0.3 is 0 Å². The Kier molecular flexibility index (Phi) is 3.64. The Hall–Kier alpha value is -0.420.